The summed E-state index contributed by atoms with van der Waals surface area (Å²) in [6.07, 6.45) is -6.75. The summed E-state index contributed by atoms with van der Waals surface area (Å²) >= 11 is 5.14. The van der Waals surface area contributed by atoms with Crippen LogP contribution in [0.15, 0.2) is 13.5 Å². The second kappa shape index (κ2) is 3.02. The van der Waals surface area contributed by atoms with Crippen LogP contribution in [0.5, 0.6) is 0 Å². The van der Waals surface area contributed by atoms with E-state index in [2.05, 4.69) is 44.5 Å². The summed E-state index contributed by atoms with van der Waals surface area (Å²) in [6, 6.07) is 0. The van der Waals surface area contributed by atoms with Gasteiger partial charge in [0, 0.05) is 31.0 Å². The van der Waals surface area contributed by atoms with E-state index in [1.807, 2.05) is 0 Å². The third-order valence-corrected chi connectivity index (χ3v) is 9.70. The molecule has 58 valence electrons. The summed E-state index contributed by atoms with van der Waals surface area (Å²) in [5, 5.41) is 0. The van der Waals surface area contributed by atoms with Crippen molar-refractivity contribution in [3.63, 3.8) is 0 Å². The lowest BCUT2D eigenvalue weighted by atomic mass is 13.8. The Balaban J connectivity index is 3.21. The molecule has 2 unspecified atom stereocenters. The fourth-order valence-corrected chi connectivity index (χ4v) is 9.72. The van der Waals surface area contributed by atoms with Gasteiger partial charge in [0.2, 0.25) is 0 Å². The van der Waals surface area contributed by atoms with E-state index in [9.17, 15) is 8.39 Å². The highest BCUT2D eigenvalue weighted by Crippen LogP contribution is 2.78. The molecule has 2 atom stereocenters. The van der Waals surface area contributed by atoms with E-state index in [1.165, 1.54) is 0 Å². The molecule has 1 aliphatic rings. The van der Waals surface area contributed by atoms with Crippen LogP contribution in [-0.4, -0.2) is 0 Å². The van der Waals surface area contributed by atoms with Gasteiger partial charge in [-0.15, -0.1) is 0 Å². The molecule has 3 nitrogen and oxygen atoms in total. The van der Waals surface area contributed by atoms with Gasteiger partial charge < -0.3 is 0 Å². The lowest BCUT2D eigenvalue weighted by molar-refractivity contribution is 0.883. The highest BCUT2D eigenvalue weighted by atomic mass is 79.9. The molecule has 0 aliphatic carbocycles. The van der Waals surface area contributed by atoms with Crippen LogP contribution < -0.4 is 0 Å². The Morgan fingerprint density at radius 1 is 1.20 bits per heavy atom. The van der Waals surface area contributed by atoms with Crippen LogP contribution in [0.2, 0.25) is 0 Å². The van der Waals surface area contributed by atoms with Crippen molar-refractivity contribution in [2.75, 3.05) is 0 Å². The zero-order valence-electron chi connectivity index (χ0n) is 4.20. The minimum Gasteiger partial charge on any atom is -0.170 e. The van der Waals surface area contributed by atoms with Gasteiger partial charge in [-0.05, 0) is 0 Å². The topological polar surface area (TPSA) is 37.1 Å². The summed E-state index contributed by atoms with van der Waals surface area (Å²) in [7, 11) is 0.0679. The monoisotopic (exact) mass is 331 g/mol. The number of hydrogen-bond acceptors (Lipinski definition) is 3. The lowest BCUT2D eigenvalue weighted by Crippen LogP contribution is -1.55. The van der Waals surface area contributed by atoms with Gasteiger partial charge in [-0.2, -0.15) is 21.9 Å². The van der Waals surface area contributed by atoms with Crippen LogP contribution in [0.3, 0.4) is 0 Å². The first kappa shape index (κ1) is 9.47. The number of halogens is 4. The second-order valence-electron chi connectivity index (χ2n) is 1.27. The van der Waals surface area contributed by atoms with Crippen molar-refractivity contribution < 1.29 is 8.39 Å². The standard InChI is InChI=1S/Br2F2N3P3/c1-9(3)5-8-6-10(2,4)7-9. The molecule has 0 spiro atoms. The summed E-state index contributed by atoms with van der Waals surface area (Å²) < 4.78 is 35.3. The molecule has 10 heavy (non-hydrogen) atoms. The first-order valence-electron chi connectivity index (χ1n) is 1.88. The fourth-order valence-electron chi connectivity index (χ4n) is 0.279. The van der Waals surface area contributed by atoms with E-state index in [0.29, 0.717) is 0 Å². The second-order valence-corrected chi connectivity index (χ2v) is 10.8. The Hall–Kier alpha value is 1.38. The van der Waals surface area contributed by atoms with Gasteiger partial charge in [0.15, 0.2) is 8.52 Å². The summed E-state index contributed by atoms with van der Waals surface area (Å²) in [5.74, 6) is 0. The summed E-state index contributed by atoms with van der Waals surface area (Å²) in [6.45, 7) is 0. The third kappa shape index (κ3) is 2.78. The van der Waals surface area contributed by atoms with Gasteiger partial charge in [-0.25, -0.2) is 0 Å². The number of rotatable bonds is 0. The van der Waals surface area contributed by atoms with E-state index in [4.69, 9.17) is 0 Å². The van der Waals surface area contributed by atoms with Gasteiger partial charge in [0.25, 0.3) is 0 Å². The molecule has 0 amide bonds. The maximum absolute atomic E-state index is 12.8. The number of nitrogens with zero attached hydrogens (tertiary/aromatic N) is 3. The SMILES string of the molecule is FP1(Br)=NP=NP(F)(Br)=N1. The molecule has 0 N–H and O–H groups in total. The molecule has 10 heteroatoms. The molecule has 1 heterocycles. The lowest BCUT2D eigenvalue weighted by Gasteiger charge is -2.06. The Morgan fingerprint density at radius 3 is 2.10 bits per heavy atom. The molecule has 0 fully saturated rings. The fraction of sp³-hybridized carbons (Fsp3) is 0. The van der Waals surface area contributed by atoms with Crippen LogP contribution in [0, 0.1) is 0 Å². The van der Waals surface area contributed by atoms with Crippen molar-refractivity contribution >= 4 is 51.9 Å². The molecule has 0 saturated carbocycles. The van der Waals surface area contributed by atoms with Crippen molar-refractivity contribution in [2.45, 2.75) is 0 Å². The van der Waals surface area contributed by atoms with Gasteiger partial charge in [-0.1, -0.05) is 0 Å². The Labute approximate surface area is 73.9 Å². The van der Waals surface area contributed by atoms with E-state index < -0.39 is 12.4 Å². The van der Waals surface area contributed by atoms with Crippen molar-refractivity contribution in [2.24, 2.45) is 13.5 Å². The molecule has 0 bridgehead atoms. The molecule has 0 radical (unpaired) electrons. The molecule has 1 rings (SSSR count). The first-order valence-corrected chi connectivity index (χ1v) is 9.88. The van der Waals surface area contributed by atoms with Crippen LogP contribution in [-0.2, 0) is 0 Å². The smallest absolute Gasteiger partial charge is 0.170 e. The summed E-state index contributed by atoms with van der Waals surface area (Å²) in [5.41, 5.74) is 0. The highest BCUT2D eigenvalue weighted by Gasteiger charge is 2.23. The van der Waals surface area contributed by atoms with Crippen LogP contribution in [0.25, 0.3) is 0 Å². The zero-order chi connectivity index (χ0) is 7.83. The van der Waals surface area contributed by atoms with Gasteiger partial charge >= 0.3 is 12.4 Å². The van der Waals surface area contributed by atoms with Crippen LogP contribution >= 0.6 is 51.9 Å². The van der Waals surface area contributed by atoms with E-state index in [-0.39, 0.29) is 8.52 Å². The molecular weight excluding hydrogens is 333 g/mol. The molecule has 0 aromatic rings. The van der Waals surface area contributed by atoms with Crippen LogP contribution in [0.1, 0.15) is 0 Å². The van der Waals surface area contributed by atoms with Crippen molar-refractivity contribution in [1.82, 2.24) is 0 Å². The minimum atomic E-state index is -3.37. The van der Waals surface area contributed by atoms with Gasteiger partial charge in [0.05, 0.1) is 0 Å². The van der Waals surface area contributed by atoms with Crippen molar-refractivity contribution in [3.05, 3.63) is 0 Å². The first-order chi connectivity index (χ1) is 4.41. The Bertz CT molecular complexity index is 262. The normalized spacial score (nSPS) is 47.6. The van der Waals surface area contributed by atoms with E-state index in [0.717, 1.165) is 0 Å². The Morgan fingerprint density at radius 2 is 1.80 bits per heavy atom. The highest BCUT2D eigenvalue weighted by molar-refractivity contribution is 9.42. The average molecular weight is 333 g/mol. The molecule has 1 aliphatic heterocycles. The number of hydrogen-bond donors (Lipinski definition) is 0. The van der Waals surface area contributed by atoms with Crippen LogP contribution in [0.4, 0.5) is 8.39 Å². The largest absolute Gasteiger partial charge is 0.316 e. The zero-order valence-corrected chi connectivity index (χ0v) is 10.1. The Kier molecular flexibility index (Phi) is 2.86. The van der Waals surface area contributed by atoms with E-state index >= 15 is 0 Å². The predicted octanol–water partition coefficient (Wildman–Crippen LogP) is 5.67. The summed E-state index contributed by atoms with van der Waals surface area (Å²) in [4.78, 5) is 0. The van der Waals surface area contributed by atoms with Gasteiger partial charge in [-0.3, -0.25) is 0 Å². The molecule has 0 aromatic carbocycles. The van der Waals surface area contributed by atoms with E-state index in [1.54, 1.807) is 0 Å². The third-order valence-electron chi connectivity index (χ3n) is 0.510. The quantitative estimate of drug-likeness (QED) is 0.513. The van der Waals surface area contributed by atoms with Gasteiger partial charge in [0.1, 0.15) is 0 Å². The van der Waals surface area contributed by atoms with Crippen molar-refractivity contribution in [1.29, 1.82) is 0 Å². The predicted molar refractivity (Wildman–Crippen MR) is 48.1 cm³/mol. The average Bonchev–Trinajstić information content (AvgIpc) is 1.56. The maximum atomic E-state index is 12.8. The van der Waals surface area contributed by atoms with Crippen molar-refractivity contribution in [3.8, 4) is 0 Å². The molecular formula is Br2F2N3P3. The molecule has 0 aromatic heterocycles. The molecule has 0 saturated heterocycles. The minimum absolute atomic E-state index is 0.0679. The maximum Gasteiger partial charge on any atom is 0.316 e.